The van der Waals surface area contributed by atoms with Gasteiger partial charge in [0.1, 0.15) is 18.8 Å². The molecule has 22 heavy (non-hydrogen) atoms. The van der Waals surface area contributed by atoms with Crippen molar-refractivity contribution in [2.45, 2.75) is 19.1 Å². The molecular formula is C15H16N4O3. The van der Waals surface area contributed by atoms with Gasteiger partial charge < -0.3 is 9.47 Å². The van der Waals surface area contributed by atoms with Gasteiger partial charge in [0.05, 0.1) is 31.2 Å². The summed E-state index contributed by atoms with van der Waals surface area (Å²) in [6.07, 6.45) is 2.74. The average Bonchev–Trinajstić information content (AvgIpc) is 3.01. The van der Waals surface area contributed by atoms with Gasteiger partial charge in [-0.05, 0) is 17.7 Å². The number of esters is 1. The SMILES string of the molecule is COC[C@@H](Cn1cncn1)OC(=O)c1cccc(CC#N)c1. The number of carbonyl (C=O) groups is 1. The Hall–Kier alpha value is -2.72. The molecule has 0 saturated heterocycles. The van der Waals surface area contributed by atoms with Crippen LogP contribution in [0.15, 0.2) is 36.9 Å². The predicted molar refractivity (Wildman–Crippen MR) is 76.9 cm³/mol. The lowest BCUT2D eigenvalue weighted by molar-refractivity contribution is -0.000872. The van der Waals surface area contributed by atoms with Crippen molar-refractivity contribution in [2.75, 3.05) is 13.7 Å². The predicted octanol–water partition coefficient (Wildman–Crippen LogP) is 1.22. The van der Waals surface area contributed by atoms with Crippen molar-refractivity contribution in [1.82, 2.24) is 14.8 Å². The molecule has 1 aromatic carbocycles. The van der Waals surface area contributed by atoms with Crippen molar-refractivity contribution in [3.05, 3.63) is 48.0 Å². The number of methoxy groups -OCH3 is 1. The Bertz CT molecular complexity index is 649. The minimum atomic E-state index is -0.473. The molecule has 0 N–H and O–H groups in total. The third kappa shape index (κ3) is 4.40. The number of nitrogens with zero attached hydrogens (tertiary/aromatic N) is 4. The van der Waals surface area contributed by atoms with Gasteiger partial charge in [0.25, 0.3) is 0 Å². The van der Waals surface area contributed by atoms with Gasteiger partial charge in [0.2, 0.25) is 0 Å². The number of carbonyl (C=O) groups excluding carboxylic acids is 1. The van der Waals surface area contributed by atoms with E-state index in [0.717, 1.165) is 5.56 Å². The third-order valence-corrected chi connectivity index (χ3v) is 2.93. The highest BCUT2D eigenvalue weighted by molar-refractivity contribution is 5.89. The third-order valence-electron chi connectivity index (χ3n) is 2.93. The van der Waals surface area contributed by atoms with Crippen LogP contribution >= 0.6 is 0 Å². The van der Waals surface area contributed by atoms with Crippen molar-refractivity contribution in [2.24, 2.45) is 0 Å². The quantitative estimate of drug-likeness (QED) is 0.714. The maximum absolute atomic E-state index is 12.2. The second-order valence-electron chi connectivity index (χ2n) is 4.64. The van der Waals surface area contributed by atoms with Crippen molar-refractivity contribution in [1.29, 1.82) is 5.26 Å². The summed E-state index contributed by atoms with van der Waals surface area (Å²) < 4.78 is 12.1. The minimum absolute atomic E-state index is 0.252. The maximum Gasteiger partial charge on any atom is 0.338 e. The number of nitriles is 1. The number of hydrogen-bond donors (Lipinski definition) is 0. The highest BCUT2D eigenvalue weighted by atomic mass is 16.6. The molecule has 1 aromatic heterocycles. The van der Waals surface area contributed by atoms with Crippen LogP contribution in [0, 0.1) is 11.3 Å². The smallest absolute Gasteiger partial charge is 0.338 e. The molecule has 0 radical (unpaired) electrons. The molecule has 0 aliphatic rings. The molecule has 1 atom stereocenters. The van der Waals surface area contributed by atoms with E-state index >= 15 is 0 Å². The van der Waals surface area contributed by atoms with E-state index in [1.165, 1.54) is 13.4 Å². The Balaban J connectivity index is 2.04. The first-order valence-corrected chi connectivity index (χ1v) is 6.71. The van der Waals surface area contributed by atoms with Crippen LogP contribution in [0.4, 0.5) is 0 Å². The van der Waals surface area contributed by atoms with Crippen LogP contribution < -0.4 is 0 Å². The zero-order valence-corrected chi connectivity index (χ0v) is 12.2. The fourth-order valence-corrected chi connectivity index (χ4v) is 1.96. The number of benzene rings is 1. The summed E-state index contributed by atoms with van der Waals surface area (Å²) in [5.74, 6) is -0.457. The van der Waals surface area contributed by atoms with E-state index in [1.807, 2.05) is 0 Å². The zero-order valence-electron chi connectivity index (χ0n) is 12.2. The van der Waals surface area contributed by atoms with E-state index in [9.17, 15) is 4.79 Å². The molecule has 0 saturated carbocycles. The van der Waals surface area contributed by atoms with Gasteiger partial charge in [-0.1, -0.05) is 12.1 Å². The molecule has 0 aliphatic heterocycles. The Morgan fingerprint density at radius 2 is 2.36 bits per heavy atom. The fourth-order valence-electron chi connectivity index (χ4n) is 1.96. The van der Waals surface area contributed by atoms with E-state index in [4.69, 9.17) is 14.7 Å². The van der Waals surface area contributed by atoms with E-state index in [0.29, 0.717) is 12.1 Å². The molecule has 7 heteroatoms. The van der Waals surface area contributed by atoms with Gasteiger partial charge >= 0.3 is 5.97 Å². The van der Waals surface area contributed by atoms with Gasteiger partial charge in [-0.15, -0.1) is 0 Å². The standard InChI is InChI=1S/C15H16N4O3/c1-21-9-14(8-19-11-17-10-18-19)22-15(20)13-4-2-3-12(7-13)5-6-16/h2-4,7,10-11,14H,5,8-9H2,1H3/t14-/m1/s1. The first kappa shape index (κ1) is 15.7. The molecule has 0 spiro atoms. The van der Waals surface area contributed by atoms with Crippen LogP contribution in [0.3, 0.4) is 0 Å². The minimum Gasteiger partial charge on any atom is -0.454 e. The molecule has 2 aromatic rings. The lowest BCUT2D eigenvalue weighted by atomic mass is 10.1. The second kappa shape index (κ2) is 7.90. The summed E-state index contributed by atoms with van der Waals surface area (Å²) in [5, 5.41) is 12.7. The Kier molecular flexibility index (Phi) is 5.63. The first-order valence-electron chi connectivity index (χ1n) is 6.71. The molecule has 0 bridgehead atoms. The monoisotopic (exact) mass is 300 g/mol. The fraction of sp³-hybridized carbons (Fsp3) is 0.333. The molecule has 0 aliphatic carbocycles. The highest BCUT2D eigenvalue weighted by Crippen LogP contribution is 2.10. The summed E-state index contributed by atoms with van der Waals surface area (Å²) in [7, 11) is 1.54. The number of ether oxygens (including phenoxy) is 2. The Labute approximate surface area is 128 Å². The van der Waals surface area contributed by atoms with E-state index < -0.39 is 12.1 Å². The average molecular weight is 300 g/mol. The number of rotatable bonds is 7. The molecule has 0 amide bonds. The summed E-state index contributed by atoms with van der Waals surface area (Å²) in [6.45, 7) is 0.612. The van der Waals surface area contributed by atoms with Gasteiger partial charge in [0, 0.05) is 7.11 Å². The number of aromatic nitrogens is 3. The van der Waals surface area contributed by atoms with Crippen LogP contribution in [-0.2, 0) is 22.4 Å². The Morgan fingerprint density at radius 3 is 3.05 bits per heavy atom. The van der Waals surface area contributed by atoms with Crippen molar-refractivity contribution < 1.29 is 14.3 Å². The number of hydrogen-bond acceptors (Lipinski definition) is 6. The van der Waals surface area contributed by atoms with Crippen molar-refractivity contribution in [3.63, 3.8) is 0 Å². The van der Waals surface area contributed by atoms with Gasteiger partial charge in [0.15, 0.2) is 0 Å². The molecule has 7 nitrogen and oxygen atoms in total. The zero-order chi connectivity index (χ0) is 15.8. The molecule has 114 valence electrons. The molecule has 2 rings (SSSR count). The summed E-state index contributed by atoms with van der Waals surface area (Å²) in [6, 6.07) is 8.89. The van der Waals surface area contributed by atoms with Crippen LogP contribution in [0.25, 0.3) is 0 Å². The van der Waals surface area contributed by atoms with Crippen molar-refractivity contribution >= 4 is 5.97 Å². The summed E-state index contributed by atoms with van der Waals surface area (Å²) in [4.78, 5) is 16.1. The largest absolute Gasteiger partial charge is 0.454 e. The Morgan fingerprint density at radius 1 is 1.50 bits per heavy atom. The van der Waals surface area contributed by atoms with E-state index in [-0.39, 0.29) is 13.0 Å². The van der Waals surface area contributed by atoms with Crippen LogP contribution in [0.5, 0.6) is 0 Å². The van der Waals surface area contributed by atoms with E-state index in [1.54, 1.807) is 35.3 Å². The molecule has 0 unspecified atom stereocenters. The van der Waals surface area contributed by atoms with Crippen LogP contribution in [0.2, 0.25) is 0 Å². The molecular weight excluding hydrogens is 284 g/mol. The van der Waals surface area contributed by atoms with Crippen LogP contribution in [-0.4, -0.2) is 40.6 Å². The lowest BCUT2D eigenvalue weighted by Crippen LogP contribution is -2.28. The van der Waals surface area contributed by atoms with E-state index in [2.05, 4.69) is 16.2 Å². The first-order chi connectivity index (χ1) is 10.7. The van der Waals surface area contributed by atoms with Crippen LogP contribution in [0.1, 0.15) is 15.9 Å². The topological polar surface area (TPSA) is 90.0 Å². The summed E-state index contributed by atoms with van der Waals surface area (Å²) in [5.41, 5.74) is 1.18. The van der Waals surface area contributed by atoms with Crippen molar-refractivity contribution in [3.8, 4) is 6.07 Å². The van der Waals surface area contributed by atoms with Gasteiger partial charge in [-0.25, -0.2) is 14.5 Å². The lowest BCUT2D eigenvalue weighted by Gasteiger charge is -2.17. The van der Waals surface area contributed by atoms with Gasteiger partial charge in [-0.2, -0.15) is 10.4 Å². The molecule has 0 fully saturated rings. The maximum atomic E-state index is 12.2. The highest BCUT2D eigenvalue weighted by Gasteiger charge is 2.17. The summed E-state index contributed by atoms with van der Waals surface area (Å²) >= 11 is 0. The molecule has 1 heterocycles. The normalized spacial score (nSPS) is 11.6. The second-order valence-corrected chi connectivity index (χ2v) is 4.64. The van der Waals surface area contributed by atoms with Gasteiger partial charge in [-0.3, -0.25) is 0 Å².